The van der Waals surface area contributed by atoms with Crippen LogP contribution in [0.2, 0.25) is 0 Å². The van der Waals surface area contributed by atoms with Crippen LogP contribution in [0.1, 0.15) is 28.5 Å². The molecule has 3 heterocycles. The summed E-state index contributed by atoms with van der Waals surface area (Å²) >= 11 is 0. The van der Waals surface area contributed by atoms with E-state index in [1.807, 2.05) is 23.1 Å². The number of fused-ring (bicyclic) bond motifs is 3. The van der Waals surface area contributed by atoms with Crippen molar-refractivity contribution in [3.63, 3.8) is 0 Å². The molecule has 0 radical (unpaired) electrons. The van der Waals surface area contributed by atoms with Crippen LogP contribution >= 0.6 is 0 Å². The van der Waals surface area contributed by atoms with Crippen molar-refractivity contribution in [2.75, 3.05) is 18.5 Å². The summed E-state index contributed by atoms with van der Waals surface area (Å²) < 4.78 is 14.4. The molecule has 3 aromatic rings. The Hall–Kier alpha value is -3.32. The summed E-state index contributed by atoms with van der Waals surface area (Å²) in [6, 6.07) is 12.0. The highest BCUT2D eigenvalue weighted by atomic mass is 19.1. The average Bonchev–Trinajstić information content (AvgIpc) is 3.24. The minimum atomic E-state index is -0.287. The molecule has 0 bridgehead atoms. The molecule has 0 saturated carbocycles. The molecule has 0 spiro atoms. The number of amides is 1. The third-order valence-corrected chi connectivity index (χ3v) is 6.10. The lowest BCUT2D eigenvalue weighted by Crippen LogP contribution is -2.43. The van der Waals surface area contributed by atoms with Gasteiger partial charge >= 0.3 is 0 Å². The maximum atomic E-state index is 14.4. The SMILES string of the molecule is O=C(c1cnccn1)N1CC[C@@H]2[C@@H](CO)Nc3ccc(-c4ccccc4F)cc3[C@@H]21. The van der Waals surface area contributed by atoms with Crippen LogP contribution in [-0.2, 0) is 0 Å². The van der Waals surface area contributed by atoms with Gasteiger partial charge in [-0.25, -0.2) is 9.37 Å². The standard InChI is InChI=1S/C23H21FN4O2/c24-18-4-2-1-3-15(18)14-5-6-19-17(11-14)22-16(21(13-29)27-19)7-10-28(22)23(30)20-12-25-8-9-26-20/h1-6,8-9,11-12,16,21-22,27,29H,7,10,13H2/t16-,21-,22-/m1/s1. The lowest BCUT2D eigenvalue weighted by molar-refractivity contribution is 0.0694. The number of carbonyl (C=O) groups is 1. The highest BCUT2D eigenvalue weighted by Crippen LogP contribution is 2.47. The van der Waals surface area contributed by atoms with Gasteiger partial charge in [-0.2, -0.15) is 0 Å². The number of aliphatic hydroxyl groups is 1. The fourth-order valence-electron chi connectivity index (χ4n) is 4.71. The van der Waals surface area contributed by atoms with Crippen molar-refractivity contribution in [3.8, 4) is 11.1 Å². The van der Waals surface area contributed by atoms with E-state index in [1.165, 1.54) is 24.7 Å². The first-order valence-electron chi connectivity index (χ1n) is 10.0. The zero-order chi connectivity index (χ0) is 20.7. The quantitative estimate of drug-likeness (QED) is 0.701. The zero-order valence-corrected chi connectivity index (χ0v) is 16.2. The Kier molecular flexibility index (Phi) is 4.67. The van der Waals surface area contributed by atoms with Crippen molar-refractivity contribution in [2.24, 2.45) is 5.92 Å². The molecule has 30 heavy (non-hydrogen) atoms. The van der Waals surface area contributed by atoms with Gasteiger partial charge in [0.25, 0.3) is 5.91 Å². The number of nitrogens with one attached hydrogen (secondary N) is 1. The van der Waals surface area contributed by atoms with Crippen LogP contribution in [0, 0.1) is 11.7 Å². The Balaban J connectivity index is 1.59. The number of aromatic nitrogens is 2. The minimum absolute atomic E-state index is 0.0250. The van der Waals surface area contributed by atoms with Gasteiger partial charge in [-0.1, -0.05) is 24.3 Å². The van der Waals surface area contributed by atoms with Crippen LogP contribution in [0.5, 0.6) is 0 Å². The van der Waals surface area contributed by atoms with Crippen LogP contribution in [0.4, 0.5) is 10.1 Å². The van der Waals surface area contributed by atoms with E-state index in [1.54, 1.807) is 18.2 Å². The molecule has 152 valence electrons. The predicted molar refractivity (Wildman–Crippen MR) is 110 cm³/mol. The summed E-state index contributed by atoms with van der Waals surface area (Å²) in [5.41, 5.74) is 3.36. The van der Waals surface area contributed by atoms with E-state index in [-0.39, 0.29) is 36.3 Å². The second-order valence-corrected chi connectivity index (χ2v) is 7.70. The van der Waals surface area contributed by atoms with Gasteiger partial charge in [0.15, 0.2) is 0 Å². The van der Waals surface area contributed by atoms with Crippen LogP contribution in [0.25, 0.3) is 11.1 Å². The molecule has 2 aliphatic heterocycles. The molecular weight excluding hydrogens is 383 g/mol. The van der Waals surface area contributed by atoms with E-state index in [0.29, 0.717) is 17.8 Å². The smallest absolute Gasteiger partial charge is 0.274 e. The third-order valence-electron chi connectivity index (χ3n) is 6.10. The van der Waals surface area contributed by atoms with E-state index in [0.717, 1.165) is 23.2 Å². The monoisotopic (exact) mass is 404 g/mol. The number of anilines is 1. The molecule has 1 saturated heterocycles. The van der Waals surface area contributed by atoms with E-state index < -0.39 is 0 Å². The van der Waals surface area contributed by atoms with Crippen molar-refractivity contribution < 1.29 is 14.3 Å². The summed E-state index contributed by atoms with van der Waals surface area (Å²) in [4.78, 5) is 23.2. The lowest BCUT2D eigenvalue weighted by atomic mass is 9.82. The van der Waals surface area contributed by atoms with Gasteiger partial charge in [0.2, 0.25) is 0 Å². The summed E-state index contributed by atoms with van der Waals surface area (Å²) in [6.45, 7) is 0.537. The number of hydrogen-bond donors (Lipinski definition) is 2. The predicted octanol–water partition coefficient (Wildman–Crippen LogP) is 3.27. The molecule has 1 amide bonds. The van der Waals surface area contributed by atoms with Gasteiger partial charge in [0.1, 0.15) is 11.5 Å². The maximum Gasteiger partial charge on any atom is 0.274 e. The summed E-state index contributed by atoms with van der Waals surface area (Å²) in [5, 5.41) is 13.3. The maximum absolute atomic E-state index is 14.4. The van der Waals surface area contributed by atoms with Gasteiger partial charge in [-0.05, 0) is 35.7 Å². The largest absolute Gasteiger partial charge is 0.394 e. The number of likely N-dealkylation sites (tertiary alicyclic amines) is 1. The fraction of sp³-hybridized carbons (Fsp3) is 0.261. The Morgan fingerprint density at radius 2 is 2.10 bits per heavy atom. The number of aliphatic hydroxyl groups excluding tert-OH is 1. The van der Waals surface area contributed by atoms with Crippen molar-refractivity contribution >= 4 is 11.6 Å². The number of nitrogens with zero attached hydrogens (tertiary/aromatic N) is 3. The first-order chi connectivity index (χ1) is 14.7. The Bertz CT molecular complexity index is 1090. The van der Waals surface area contributed by atoms with Crippen LogP contribution in [0.3, 0.4) is 0 Å². The number of halogens is 1. The number of carbonyl (C=O) groups excluding carboxylic acids is 1. The molecule has 1 fully saturated rings. The molecule has 0 unspecified atom stereocenters. The van der Waals surface area contributed by atoms with Gasteiger partial charge in [-0.15, -0.1) is 0 Å². The average molecular weight is 404 g/mol. The van der Waals surface area contributed by atoms with Crippen molar-refractivity contribution in [1.29, 1.82) is 0 Å². The topological polar surface area (TPSA) is 78.4 Å². The second-order valence-electron chi connectivity index (χ2n) is 7.70. The number of benzene rings is 2. The first-order valence-corrected chi connectivity index (χ1v) is 10.0. The molecule has 2 aromatic carbocycles. The molecular formula is C23H21FN4O2. The summed E-state index contributed by atoms with van der Waals surface area (Å²) in [6.07, 6.45) is 5.27. The molecule has 6 nitrogen and oxygen atoms in total. The number of hydrogen-bond acceptors (Lipinski definition) is 5. The normalized spacial score (nSPS) is 22.2. The van der Waals surface area contributed by atoms with Crippen LogP contribution in [-0.4, -0.2) is 45.1 Å². The van der Waals surface area contributed by atoms with Crippen LogP contribution in [0.15, 0.2) is 61.1 Å². The number of rotatable bonds is 3. The highest BCUT2D eigenvalue weighted by Gasteiger charge is 2.46. The van der Waals surface area contributed by atoms with Gasteiger partial charge in [0, 0.05) is 36.1 Å². The van der Waals surface area contributed by atoms with E-state index in [4.69, 9.17) is 0 Å². The van der Waals surface area contributed by atoms with Gasteiger partial charge in [-0.3, -0.25) is 9.78 Å². The molecule has 3 atom stereocenters. The van der Waals surface area contributed by atoms with Crippen LogP contribution < -0.4 is 5.32 Å². The first kappa shape index (κ1) is 18.7. The highest BCUT2D eigenvalue weighted by molar-refractivity contribution is 5.93. The zero-order valence-electron chi connectivity index (χ0n) is 16.2. The van der Waals surface area contributed by atoms with E-state index >= 15 is 0 Å². The molecule has 2 aliphatic rings. The van der Waals surface area contributed by atoms with Gasteiger partial charge < -0.3 is 15.3 Å². The summed E-state index contributed by atoms with van der Waals surface area (Å²) in [7, 11) is 0. The molecule has 2 N–H and O–H groups in total. The molecule has 1 aromatic heterocycles. The fourth-order valence-corrected chi connectivity index (χ4v) is 4.71. The Morgan fingerprint density at radius 3 is 2.87 bits per heavy atom. The summed E-state index contributed by atoms with van der Waals surface area (Å²) in [5.74, 6) is -0.416. The van der Waals surface area contributed by atoms with Crippen molar-refractivity contribution in [2.45, 2.75) is 18.5 Å². The van der Waals surface area contributed by atoms with E-state index in [2.05, 4.69) is 15.3 Å². The Morgan fingerprint density at radius 1 is 1.23 bits per heavy atom. The minimum Gasteiger partial charge on any atom is -0.394 e. The Labute approximate surface area is 173 Å². The van der Waals surface area contributed by atoms with E-state index in [9.17, 15) is 14.3 Å². The van der Waals surface area contributed by atoms with Gasteiger partial charge in [0.05, 0.1) is 24.9 Å². The molecule has 5 rings (SSSR count). The third kappa shape index (κ3) is 3.02. The van der Waals surface area contributed by atoms with Crippen molar-refractivity contribution in [1.82, 2.24) is 14.9 Å². The molecule has 7 heteroatoms. The second kappa shape index (κ2) is 7.50. The molecule has 0 aliphatic carbocycles. The lowest BCUT2D eigenvalue weighted by Gasteiger charge is -2.39. The van der Waals surface area contributed by atoms with Crippen molar-refractivity contribution in [3.05, 3.63) is 78.1 Å².